The molecule has 0 amide bonds. The molecule has 0 aliphatic rings. The maximum atomic E-state index is 12.7. The van der Waals surface area contributed by atoms with Crippen LogP contribution in [0.15, 0.2) is 134 Å². The van der Waals surface area contributed by atoms with Crippen LogP contribution < -0.4 is 5.73 Å². The van der Waals surface area contributed by atoms with Crippen molar-refractivity contribution in [3.63, 3.8) is 0 Å². The number of carboxylic acids is 1. The Morgan fingerprint density at radius 2 is 0.873 bits per heavy atom. The SMILES string of the molecule is CC/C=C\C/C=C\C/C=C\C/C=C\C/C=C\C/C=C\C/C=C\CCCCOCC(COP(=O)(O)OCC(N)C(=O)O)OC(=O)CCCCCC/C=C\C/C=C\C/C=C\C/C=C\CC. The maximum Gasteiger partial charge on any atom is 0.472 e. The van der Waals surface area contributed by atoms with Gasteiger partial charge in [-0.3, -0.25) is 18.6 Å². The summed E-state index contributed by atoms with van der Waals surface area (Å²) in [6.45, 7) is 3.47. The van der Waals surface area contributed by atoms with Crippen LogP contribution in [0.3, 0.4) is 0 Å². The largest absolute Gasteiger partial charge is 0.480 e. The summed E-state index contributed by atoms with van der Waals surface area (Å²) in [5.74, 6) is -1.84. The molecule has 0 rings (SSSR count). The van der Waals surface area contributed by atoms with Gasteiger partial charge in [0.05, 0.1) is 19.8 Å². The molecule has 0 spiro atoms. The van der Waals surface area contributed by atoms with Crippen molar-refractivity contribution in [2.45, 2.75) is 154 Å². The summed E-state index contributed by atoms with van der Waals surface area (Å²) < 4.78 is 33.3. The van der Waals surface area contributed by atoms with Gasteiger partial charge in [0.25, 0.3) is 0 Å². The van der Waals surface area contributed by atoms with Crippen molar-refractivity contribution in [1.29, 1.82) is 0 Å². The highest BCUT2D eigenvalue weighted by Crippen LogP contribution is 2.43. The quantitative estimate of drug-likeness (QED) is 0.0233. The fourth-order valence-electron chi connectivity index (χ4n) is 5.40. The number of ether oxygens (including phenoxy) is 2. The van der Waals surface area contributed by atoms with Crippen molar-refractivity contribution in [3.8, 4) is 0 Å². The summed E-state index contributed by atoms with van der Waals surface area (Å²) in [4.78, 5) is 33.6. The monoisotopic (exact) mass is 896 g/mol. The number of unbranched alkanes of at least 4 members (excludes halogenated alkanes) is 6. The predicted octanol–water partition coefficient (Wildman–Crippen LogP) is 13.4. The molecular formula is C52H82NO9P. The smallest absolute Gasteiger partial charge is 0.472 e. The minimum atomic E-state index is -4.65. The van der Waals surface area contributed by atoms with E-state index in [-0.39, 0.29) is 13.0 Å². The van der Waals surface area contributed by atoms with E-state index in [1.165, 1.54) is 0 Å². The maximum absolute atomic E-state index is 12.7. The Hall–Kier alpha value is -3.89. The molecule has 0 aromatic rings. The van der Waals surface area contributed by atoms with Gasteiger partial charge < -0.3 is 25.2 Å². The highest BCUT2D eigenvalue weighted by Gasteiger charge is 2.27. The molecular weight excluding hydrogens is 814 g/mol. The molecule has 0 radical (unpaired) electrons. The fraction of sp³-hybridized carbons (Fsp3) is 0.538. The molecule has 0 saturated heterocycles. The first-order valence-electron chi connectivity index (χ1n) is 23.2. The van der Waals surface area contributed by atoms with Crippen molar-refractivity contribution in [3.05, 3.63) is 134 Å². The van der Waals surface area contributed by atoms with Crippen LogP contribution >= 0.6 is 7.82 Å². The van der Waals surface area contributed by atoms with Gasteiger partial charge in [-0.2, -0.15) is 0 Å². The van der Waals surface area contributed by atoms with E-state index in [4.69, 9.17) is 29.4 Å². The first kappa shape index (κ1) is 59.1. The lowest BCUT2D eigenvalue weighted by Gasteiger charge is -2.20. The molecule has 11 heteroatoms. The van der Waals surface area contributed by atoms with E-state index >= 15 is 0 Å². The lowest BCUT2D eigenvalue weighted by molar-refractivity contribution is -0.154. The third-order valence-electron chi connectivity index (χ3n) is 8.93. The van der Waals surface area contributed by atoms with Gasteiger partial charge in [0.15, 0.2) is 0 Å². The topological polar surface area (TPSA) is 155 Å². The normalized spacial score (nSPS) is 15.0. The van der Waals surface area contributed by atoms with Gasteiger partial charge in [0.2, 0.25) is 0 Å². The second-order valence-electron chi connectivity index (χ2n) is 14.8. The fourth-order valence-corrected chi connectivity index (χ4v) is 6.17. The van der Waals surface area contributed by atoms with Crippen LogP contribution in [0.1, 0.15) is 142 Å². The van der Waals surface area contributed by atoms with Gasteiger partial charge in [0.1, 0.15) is 12.1 Å². The van der Waals surface area contributed by atoms with Crippen molar-refractivity contribution < 1.29 is 42.7 Å². The zero-order valence-electron chi connectivity index (χ0n) is 38.6. The number of hydrogen-bond donors (Lipinski definition) is 3. The van der Waals surface area contributed by atoms with Crippen molar-refractivity contribution in [1.82, 2.24) is 0 Å². The minimum absolute atomic E-state index is 0.0340. The molecule has 3 atom stereocenters. The lowest BCUT2D eigenvalue weighted by atomic mass is 10.1. The second kappa shape index (κ2) is 46.1. The standard InChI is InChI=1S/C52H82NO9P/c1-3-5-7-9-11-13-15-17-19-21-22-23-24-25-26-27-29-31-33-35-37-39-41-43-45-59-46-49(47-60-63(57,58)61-48-50(53)52(55)56)62-51(54)44-42-40-38-36-34-32-30-28-20-18-16-14-12-10-8-6-4-2/h5-8,11-14,17-20,22-23,25-26,29-32,35,37,49-50H,3-4,9-10,15-16,21,24,27-28,33-34,36,38-48,53H2,1-2H3,(H,55,56)(H,57,58)/b7-5-,8-6-,13-11-,14-12-,19-17-,20-18-,23-22-,26-25-,31-29-,32-30-,37-35-. The van der Waals surface area contributed by atoms with E-state index in [1.54, 1.807) is 0 Å². The molecule has 0 fully saturated rings. The molecule has 10 nitrogen and oxygen atoms in total. The Labute approximate surface area is 381 Å². The van der Waals surface area contributed by atoms with Crippen LogP contribution in [0.5, 0.6) is 0 Å². The molecule has 0 aromatic heterocycles. The Balaban J connectivity index is 4.38. The number of phosphoric acid groups is 1. The molecule has 3 unspecified atom stereocenters. The average molecular weight is 896 g/mol. The Kier molecular flexibility index (Phi) is 43.3. The van der Waals surface area contributed by atoms with E-state index in [0.29, 0.717) is 13.0 Å². The number of rotatable bonds is 42. The predicted molar refractivity (Wildman–Crippen MR) is 262 cm³/mol. The number of carbonyl (C=O) groups excluding carboxylic acids is 1. The third-order valence-corrected chi connectivity index (χ3v) is 9.88. The third kappa shape index (κ3) is 45.9. The molecule has 0 aliphatic heterocycles. The van der Waals surface area contributed by atoms with Gasteiger partial charge in [0, 0.05) is 13.0 Å². The second-order valence-corrected chi connectivity index (χ2v) is 16.2. The van der Waals surface area contributed by atoms with E-state index in [2.05, 4.69) is 148 Å². The summed E-state index contributed by atoms with van der Waals surface area (Å²) >= 11 is 0. The van der Waals surface area contributed by atoms with Gasteiger partial charge in [-0.25, -0.2) is 4.57 Å². The first-order chi connectivity index (χ1) is 30.7. The van der Waals surface area contributed by atoms with Crippen LogP contribution in [-0.2, 0) is 32.7 Å². The lowest BCUT2D eigenvalue weighted by Crippen LogP contribution is -2.34. The Bertz CT molecular complexity index is 1500. The molecule has 0 aliphatic carbocycles. The number of hydrogen-bond acceptors (Lipinski definition) is 8. The van der Waals surface area contributed by atoms with E-state index in [9.17, 15) is 19.0 Å². The highest BCUT2D eigenvalue weighted by molar-refractivity contribution is 7.47. The van der Waals surface area contributed by atoms with Gasteiger partial charge in [-0.1, -0.05) is 160 Å². The minimum Gasteiger partial charge on any atom is -0.480 e. The van der Waals surface area contributed by atoms with Crippen molar-refractivity contribution in [2.24, 2.45) is 5.73 Å². The van der Waals surface area contributed by atoms with Crippen molar-refractivity contribution in [2.75, 3.05) is 26.4 Å². The number of carbonyl (C=O) groups is 2. The molecule has 0 heterocycles. The summed E-state index contributed by atoms with van der Waals surface area (Å²) in [5.41, 5.74) is 5.36. The highest BCUT2D eigenvalue weighted by atomic mass is 31.2. The Morgan fingerprint density at radius 1 is 0.508 bits per heavy atom. The van der Waals surface area contributed by atoms with Gasteiger partial charge in [-0.05, 0) is 109 Å². The molecule has 354 valence electrons. The summed E-state index contributed by atoms with van der Waals surface area (Å²) in [6.07, 6.45) is 65.1. The van der Waals surface area contributed by atoms with E-state index in [1.807, 2.05) is 0 Å². The van der Waals surface area contributed by atoms with Crippen LogP contribution in [0.25, 0.3) is 0 Å². The molecule has 63 heavy (non-hydrogen) atoms. The molecule has 0 bridgehead atoms. The zero-order valence-corrected chi connectivity index (χ0v) is 39.5. The number of esters is 1. The molecule has 4 N–H and O–H groups in total. The number of phosphoric ester groups is 1. The number of aliphatic carboxylic acids is 1. The molecule has 0 aromatic carbocycles. The van der Waals surface area contributed by atoms with E-state index in [0.717, 1.165) is 116 Å². The van der Waals surface area contributed by atoms with Crippen LogP contribution in [0.4, 0.5) is 0 Å². The number of allylic oxidation sites excluding steroid dienone is 22. The van der Waals surface area contributed by atoms with E-state index < -0.39 is 45.1 Å². The summed E-state index contributed by atoms with van der Waals surface area (Å²) in [6, 6.07) is -1.49. The summed E-state index contributed by atoms with van der Waals surface area (Å²) in [7, 11) is -4.65. The number of nitrogens with two attached hydrogens (primary N) is 1. The zero-order chi connectivity index (χ0) is 46.2. The van der Waals surface area contributed by atoms with Crippen molar-refractivity contribution >= 4 is 19.8 Å². The Morgan fingerprint density at radius 3 is 1.29 bits per heavy atom. The average Bonchev–Trinajstić information content (AvgIpc) is 3.26. The van der Waals surface area contributed by atoms with Gasteiger partial charge in [-0.15, -0.1) is 0 Å². The number of carboxylic acid groups (broad SMARTS) is 1. The van der Waals surface area contributed by atoms with Crippen LogP contribution in [-0.4, -0.2) is 60.5 Å². The summed E-state index contributed by atoms with van der Waals surface area (Å²) in [5, 5.41) is 8.91. The van der Waals surface area contributed by atoms with Crippen LogP contribution in [0.2, 0.25) is 0 Å². The van der Waals surface area contributed by atoms with Crippen LogP contribution in [0, 0.1) is 0 Å². The van der Waals surface area contributed by atoms with Gasteiger partial charge >= 0.3 is 19.8 Å². The molecule has 0 saturated carbocycles. The first-order valence-corrected chi connectivity index (χ1v) is 24.7.